The number of hydrogen-bond donors (Lipinski definition) is 2. The third kappa shape index (κ3) is 4.06. The molecule has 2 N–H and O–H groups in total. The summed E-state index contributed by atoms with van der Waals surface area (Å²) in [6.45, 7) is 2.31. The summed E-state index contributed by atoms with van der Waals surface area (Å²) >= 11 is 0. The van der Waals surface area contributed by atoms with E-state index < -0.39 is 5.97 Å². The molecule has 0 aliphatic carbocycles. The fourth-order valence-corrected chi connectivity index (χ4v) is 1.64. The molecule has 1 fully saturated rings. The standard InChI is InChI=1S/C10H18N2O4/c1-16-4-2-3-11-10(15)12-6-8(7-12)5-9(13)14/h8H,2-7H2,1H3,(H,11,15)(H,13,14). The van der Waals surface area contributed by atoms with Gasteiger partial charge in [-0.25, -0.2) is 4.79 Å². The zero-order valence-electron chi connectivity index (χ0n) is 9.44. The third-order valence-corrected chi connectivity index (χ3v) is 2.51. The van der Waals surface area contributed by atoms with Gasteiger partial charge in [0, 0.05) is 39.3 Å². The number of aliphatic carboxylic acids is 1. The van der Waals surface area contributed by atoms with E-state index in [4.69, 9.17) is 9.84 Å². The molecule has 1 aliphatic heterocycles. The van der Waals surface area contributed by atoms with Crippen molar-refractivity contribution >= 4 is 12.0 Å². The molecule has 1 rings (SSSR count). The summed E-state index contributed by atoms with van der Waals surface area (Å²) in [4.78, 5) is 23.5. The van der Waals surface area contributed by atoms with Crippen molar-refractivity contribution < 1.29 is 19.4 Å². The Morgan fingerprint density at radius 1 is 1.50 bits per heavy atom. The van der Waals surface area contributed by atoms with Crippen molar-refractivity contribution in [3.63, 3.8) is 0 Å². The van der Waals surface area contributed by atoms with Gasteiger partial charge in [0.2, 0.25) is 0 Å². The molecule has 1 heterocycles. The van der Waals surface area contributed by atoms with Gasteiger partial charge in [0.05, 0.1) is 6.42 Å². The van der Waals surface area contributed by atoms with E-state index >= 15 is 0 Å². The predicted molar refractivity (Wildman–Crippen MR) is 57.2 cm³/mol. The van der Waals surface area contributed by atoms with Gasteiger partial charge in [-0.1, -0.05) is 0 Å². The van der Waals surface area contributed by atoms with Crippen LogP contribution in [0, 0.1) is 5.92 Å². The summed E-state index contributed by atoms with van der Waals surface area (Å²) in [5, 5.41) is 11.3. The van der Waals surface area contributed by atoms with Crippen LogP contribution in [0.5, 0.6) is 0 Å². The van der Waals surface area contributed by atoms with Crippen LogP contribution < -0.4 is 5.32 Å². The van der Waals surface area contributed by atoms with E-state index in [9.17, 15) is 9.59 Å². The zero-order valence-corrected chi connectivity index (χ0v) is 9.44. The molecule has 0 unspecified atom stereocenters. The third-order valence-electron chi connectivity index (χ3n) is 2.51. The Bertz CT molecular complexity index is 251. The van der Waals surface area contributed by atoms with E-state index in [2.05, 4.69) is 5.32 Å². The minimum absolute atomic E-state index is 0.113. The van der Waals surface area contributed by atoms with E-state index in [0.29, 0.717) is 26.2 Å². The smallest absolute Gasteiger partial charge is 0.317 e. The van der Waals surface area contributed by atoms with Crippen LogP contribution >= 0.6 is 0 Å². The van der Waals surface area contributed by atoms with E-state index in [1.165, 1.54) is 0 Å². The molecule has 1 saturated heterocycles. The Hall–Kier alpha value is -1.30. The highest BCUT2D eigenvalue weighted by molar-refractivity contribution is 5.75. The average molecular weight is 230 g/mol. The highest BCUT2D eigenvalue weighted by Crippen LogP contribution is 2.18. The zero-order chi connectivity index (χ0) is 12.0. The van der Waals surface area contributed by atoms with Gasteiger partial charge in [-0.2, -0.15) is 0 Å². The first-order valence-electron chi connectivity index (χ1n) is 5.37. The minimum atomic E-state index is -0.801. The molecule has 6 heteroatoms. The molecular formula is C10H18N2O4. The Kier molecular flexibility index (Phi) is 5.04. The van der Waals surface area contributed by atoms with Gasteiger partial charge in [0.1, 0.15) is 0 Å². The van der Waals surface area contributed by atoms with Crippen LogP contribution in [-0.2, 0) is 9.53 Å². The Morgan fingerprint density at radius 2 is 2.19 bits per heavy atom. The van der Waals surface area contributed by atoms with Crippen LogP contribution in [0.15, 0.2) is 0 Å². The highest BCUT2D eigenvalue weighted by Gasteiger charge is 2.31. The topological polar surface area (TPSA) is 78.9 Å². The van der Waals surface area contributed by atoms with Crippen LogP contribution in [-0.4, -0.2) is 55.4 Å². The number of amides is 2. The first kappa shape index (κ1) is 12.8. The largest absolute Gasteiger partial charge is 0.481 e. The van der Waals surface area contributed by atoms with E-state index in [1.807, 2.05) is 0 Å². The molecular weight excluding hydrogens is 212 g/mol. The lowest BCUT2D eigenvalue weighted by Gasteiger charge is -2.38. The molecule has 1 aliphatic rings. The van der Waals surface area contributed by atoms with Crippen LogP contribution in [0.1, 0.15) is 12.8 Å². The van der Waals surface area contributed by atoms with Gasteiger partial charge >= 0.3 is 12.0 Å². The number of carboxylic acid groups (broad SMARTS) is 1. The van der Waals surface area contributed by atoms with Crippen molar-refractivity contribution in [3.05, 3.63) is 0 Å². The number of nitrogens with zero attached hydrogens (tertiary/aromatic N) is 1. The van der Waals surface area contributed by atoms with Crippen molar-refractivity contribution in [3.8, 4) is 0 Å². The monoisotopic (exact) mass is 230 g/mol. The summed E-state index contributed by atoms with van der Waals surface area (Å²) in [7, 11) is 1.62. The maximum absolute atomic E-state index is 11.4. The van der Waals surface area contributed by atoms with Crippen molar-refractivity contribution in [2.24, 2.45) is 5.92 Å². The lowest BCUT2D eigenvalue weighted by Crippen LogP contribution is -2.54. The number of hydrogen-bond acceptors (Lipinski definition) is 3. The summed E-state index contributed by atoms with van der Waals surface area (Å²) in [6, 6.07) is -0.113. The van der Waals surface area contributed by atoms with Gasteiger partial charge in [0.25, 0.3) is 0 Å². The molecule has 0 aromatic carbocycles. The lowest BCUT2D eigenvalue weighted by atomic mass is 9.97. The summed E-state index contributed by atoms with van der Waals surface area (Å²) < 4.78 is 4.86. The molecule has 0 atom stereocenters. The summed E-state index contributed by atoms with van der Waals surface area (Å²) in [6.07, 6.45) is 0.933. The number of methoxy groups -OCH3 is 1. The minimum Gasteiger partial charge on any atom is -0.481 e. The Labute approximate surface area is 94.6 Å². The maximum Gasteiger partial charge on any atom is 0.317 e. The first-order chi connectivity index (χ1) is 7.63. The molecule has 16 heavy (non-hydrogen) atoms. The second kappa shape index (κ2) is 6.32. The number of ether oxygens (including phenoxy) is 1. The second-order valence-corrected chi connectivity index (χ2v) is 3.95. The number of rotatable bonds is 6. The van der Waals surface area contributed by atoms with Crippen molar-refractivity contribution in [2.75, 3.05) is 33.4 Å². The number of carboxylic acids is 1. The molecule has 0 aromatic heterocycles. The molecule has 0 radical (unpaired) electrons. The normalized spacial score (nSPS) is 15.7. The van der Waals surface area contributed by atoms with Crippen LogP contribution in [0.4, 0.5) is 4.79 Å². The van der Waals surface area contributed by atoms with Gasteiger partial charge in [-0.3, -0.25) is 4.79 Å². The number of urea groups is 1. The predicted octanol–water partition coefficient (Wildman–Crippen LogP) is 0.139. The van der Waals surface area contributed by atoms with Crippen LogP contribution in [0.25, 0.3) is 0 Å². The van der Waals surface area contributed by atoms with Gasteiger partial charge in [-0.15, -0.1) is 0 Å². The van der Waals surface area contributed by atoms with Crippen molar-refractivity contribution in [2.45, 2.75) is 12.8 Å². The van der Waals surface area contributed by atoms with Crippen molar-refractivity contribution in [1.29, 1.82) is 0 Å². The van der Waals surface area contributed by atoms with Gasteiger partial charge < -0.3 is 20.1 Å². The fraction of sp³-hybridized carbons (Fsp3) is 0.800. The second-order valence-electron chi connectivity index (χ2n) is 3.95. The molecule has 0 aromatic rings. The van der Waals surface area contributed by atoms with E-state index in [-0.39, 0.29) is 18.4 Å². The number of likely N-dealkylation sites (tertiary alicyclic amines) is 1. The number of carbonyl (C=O) groups excluding carboxylic acids is 1. The molecule has 0 saturated carbocycles. The SMILES string of the molecule is COCCCNC(=O)N1CC(CC(=O)O)C1. The van der Waals surface area contributed by atoms with E-state index in [1.54, 1.807) is 12.0 Å². The van der Waals surface area contributed by atoms with Crippen LogP contribution in [0.2, 0.25) is 0 Å². The molecule has 92 valence electrons. The highest BCUT2D eigenvalue weighted by atomic mass is 16.5. The molecule has 0 spiro atoms. The maximum atomic E-state index is 11.4. The van der Waals surface area contributed by atoms with E-state index in [0.717, 1.165) is 6.42 Å². The number of carbonyl (C=O) groups is 2. The van der Waals surface area contributed by atoms with Gasteiger partial charge in [0.15, 0.2) is 0 Å². The van der Waals surface area contributed by atoms with Crippen molar-refractivity contribution in [1.82, 2.24) is 10.2 Å². The molecule has 2 amide bonds. The van der Waals surface area contributed by atoms with Gasteiger partial charge in [-0.05, 0) is 6.42 Å². The van der Waals surface area contributed by atoms with Crippen LogP contribution in [0.3, 0.4) is 0 Å². The fourth-order valence-electron chi connectivity index (χ4n) is 1.64. The average Bonchev–Trinajstić information content (AvgIpc) is 2.17. The quantitative estimate of drug-likeness (QED) is 0.636. The first-order valence-corrected chi connectivity index (χ1v) is 5.37. The Balaban J connectivity index is 2.05. The molecule has 6 nitrogen and oxygen atoms in total. The number of nitrogens with one attached hydrogen (secondary N) is 1. The Morgan fingerprint density at radius 3 is 2.75 bits per heavy atom. The lowest BCUT2D eigenvalue weighted by molar-refractivity contribution is -0.139. The summed E-state index contributed by atoms with van der Waals surface area (Å²) in [5.74, 6) is -0.688. The summed E-state index contributed by atoms with van der Waals surface area (Å²) in [5.41, 5.74) is 0. The molecule has 0 bridgehead atoms.